The van der Waals surface area contributed by atoms with Crippen LogP contribution in [0.5, 0.6) is 5.75 Å². The van der Waals surface area contributed by atoms with E-state index in [0.717, 1.165) is 13.1 Å². The number of nitrogens with one attached hydrogen (secondary N) is 2. The number of thiophene rings is 1. The van der Waals surface area contributed by atoms with Crippen molar-refractivity contribution in [3.8, 4) is 5.75 Å². The quantitative estimate of drug-likeness (QED) is 0.782. The first kappa shape index (κ1) is 17.8. The summed E-state index contributed by atoms with van der Waals surface area (Å²) in [5.74, 6) is 0.689. The Balaban J connectivity index is 1.60. The first-order chi connectivity index (χ1) is 12.3. The Morgan fingerprint density at radius 3 is 2.76 bits per heavy atom. The number of ether oxygens (including phenoxy) is 1. The van der Waals surface area contributed by atoms with Crippen molar-refractivity contribution in [2.45, 2.75) is 25.8 Å². The van der Waals surface area contributed by atoms with Crippen LogP contribution in [0, 0.1) is 0 Å². The molecule has 0 saturated carbocycles. The fourth-order valence-electron chi connectivity index (χ4n) is 3.15. The van der Waals surface area contributed by atoms with Gasteiger partial charge in [0.05, 0.1) is 18.3 Å². The van der Waals surface area contributed by atoms with E-state index in [1.54, 1.807) is 11.3 Å². The van der Waals surface area contributed by atoms with Gasteiger partial charge in [-0.15, -0.1) is 11.3 Å². The van der Waals surface area contributed by atoms with E-state index in [4.69, 9.17) is 4.74 Å². The number of urea groups is 1. The molecule has 0 spiro atoms. The summed E-state index contributed by atoms with van der Waals surface area (Å²) in [5.41, 5.74) is 0.690. The molecular formula is C19H25N3O2S. The zero-order chi connectivity index (χ0) is 17.5. The largest absolute Gasteiger partial charge is 0.492 e. The van der Waals surface area contributed by atoms with Gasteiger partial charge >= 0.3 is 6.03 Å². The smallest absolute Gasteiger partial charge is 0.319 e. The van der Waals surface area contributed by atoms with E-state index >= 15 is 0 Å². The zero-order valence-electron chi connectivity index (χ0n) is 14.5. The van der Waals surface area contributed by atoms with Gasteiger partial charge in [0.15, 0.2) is 0 Å². The molecule has 6 heteroatoms. The number of anilines is 1. The second-order valence-corrected chi connectivity index (χ2v) is 7.02. The molecule has 1 aromatic heterocycles. The molecule has 25 heavy (non-hydrogen) atoms. The number of carbonyl (C=O) groups excluding carboxylic acids is 1. The highest BCUT2D eigenvalue weighted by Crippen LogP contribution is 2.28. The zero-order valence-corrected chi connectivity index (χ0v) is 15.3. The molecule has 1 aliphatic rings. The second kappa shape index (κ2) is 8.87. The number of para-hydroxylation sites is 2. The van der Waals surface area contributed by atoms with Crippen LogP contribution in [-0.4, -0.2) is 37.2 Å². The van der Waals surface area contributed by atoms with Crippen molar-refractivity contribution in [1.82, 2.24) is 10.2 Å². The Kier molecular flexibility index (Phi) is 6.30. The van der Waals surface area contributed by atoms with Gasteiger partial charge in [0, 0.05) is 11.4 Å². The number of amides is 2. The molecule has 2 amide bonds. The summed E-state index contributed by atoms with van der Waals surface area (Å²) in [5, 5.41) is 8.02. The minimum atomic E-state index is -0.201. The third-order valence-corrected chi connectivity index (χ3v) is 5.32. The van der Waals surface area contributed by atoms with Crippen LogP contribution in [0.4, 0.5) is 10.5 Å². The van der Waals surface area contributed by atoms with E-state index in [-0.39, 0.29) is 12.1 Å². The number of carbonyl (C=O) groups is 1. The van der Waals surface area contributed by atoms with E-state index < -0.39 is 0 Å². The Morgan fingerprint density at radius 2 is 2.04 bits per heavy atom. The average Bonchev–Trinajstić information content (AvgIpc) is 3.31. The summed E-state index contributed by atoms with van der Waals surface area (Å²) in [6.45, 7) is 5.29. The number of nitrogens with zero attached hydrogens (tertiary/aromatic N) is 1. The summed E-state index contributed by atoms with van der Waals surface area (Å²) in [6, 6.07) is 11.8. The molecule has 1 aliphatic heterocycles. The van der Waals surface area contributed by atoms with Crippen molar-refractivity contribution >= 4 is 23.1 Å². The van der Waals surface area contributed by atoms with Crippen LogP contribution in [-0.2, 0) is 0 Å². The van der Waals surface area contributed by atoms with Gasteiger partial charge in [-0.2, -0.15) is 0 Å². The summed E-state index contributed by atoms with van der Waals surface area (Å²) >= 11 is 1.75. The number of likely N-dealkylation sites (tertiary alicyclic amines) is 1. The van der Waals surface area contributed by atoms with Crippen LogP contribution in [0.15, 0.2) is 41.8 Å². The first-order valence-electron chi connectivity index (χ1n) is 8.82. The van der Waals surface area contributed by atoms with Crippen LogP contribution in [0.2, 0.25) is 0 Å². The third-order valence-electron chi connectivity index (χ3n) is 4.34. The van der Waals surface area contributed by atoms with Gasteiger partial charge in [-0.3, -0.25) is 4.90 Å². The lowest BCUT2D eigenvalue weighted by Gasteiger charge is -2.27. The number of rotatable bonds is 7. The Labute approximate surface area is 153 Å². The van der Waals surface area contributed by atoms with Gasteiger partial charge in [-0.25, -0.2) is 4.79 Å². The third kappa shape index (κ3) is 4.74. The molecule has 1 aromatic carbocycles. The van der Waals surface area contributed by atoms with Crippen molar-refractivity contribution in [3.05, 3.63) is 46.7 Å². The fourth-order valence-corrected chi connectivity index (χ4v) is 4.01. The van der Waals surface area contributed by atoms with Gasteiger partial charge in [0.2, 0.25) is 0 Å². The second-order valence-electron chi connectivity index (χ2n) is 6.04. The summed E-state index contributed by atoms with van der Waals surface area (Å²) in [7, 11) is 0. The molecule has 3 rings (SSSR count). The maximum atomic E-state index is 12.4. The average molecular weight is 359 g/mol. The molecule has 2 aromatic rings. The molecule has 0 aliphatic carbocycles. The standard InChI is InChI=1S/C19H25N3O2S/c1-2-24-17-9-4-3-8-15(17)21-19(23)20-14-16(18-10-7-13-25-18)22-11-5-6-12-22/h3-4,7-10,13,16H,2,5-6,11-12,14H2,1H3,(H2,20,21,23). The topological polar surface area (TPSA) is 53.6 Å². The van der Waals surface area contributed by atoms with Crippen molar-refractivity contribution in [3.63, 3.8) is 0 Å². The van der Waals surface area contributed by atoms with Gasteiger partial charge in [-0.05, 0) is 56.4 Å². The summed E-state index contributed by atoms with van der Waals surface area (Å²) in [6.07, 6.45) is 2.46. The van der Waals surface area contributed by atoms with Crippen LogP contribution < -0.4 is 15.4 Å². The van der Waals surface area contributed by atoms with Gasteiger partial charge < -0.3 is 15.4 Å². The van der Waals surface area contributed by atoms with Crippen LogP contribution in [0.1, 0.15) is 30.7 Å². The van der Waals surface area contributed by atoms with Crippen molar-refractivity contribution < 1.29 is 9.53 Å². The lowest BCUT2D eigenvalue weighted by Crippen LogP contribution is -2.38. The molecule has 1 saturated heterocycles. The van der Waals surface area contributed by atoms with E-state index in [2.05, 4.69) is 33.0 Å². The molecule has 0 radical (unpaired) electrons. The SMILES string of the molecule is CCOc1ccccc1NC(=O)NCC(c1cccs1)N1CCCC1. The maximum Gasteiger partial charge on any atom is 0.319 e. The van der Waals surface area contributed by atoms with Crippen molar-refractivity contribution in [2.24, 2.45) is 0 Å². The maximum absolute atomic E-state index is 12.4. The number of hydrogen-bond donors (Lipinski definition) is 2. The lowest BCUT2D eigenvalue weighted by molar-refractivity contribution is 0.229. The molecule has 2 heterocycles. The van der Waals surface area contributed by atoms with Gasteiger partial charge in [-0.1, -0.05) is 18.2 Å². The Hall–Kier alpha value is -2.05. The Bertz CT molecular complexity index is 669. The minimum absolute atomic E-state index is 0.201. The molecule has 0 bridgehead atoms. The minimum Gasteiger partial charge on any atom is -0.492 e. The Morgan fingerprint density at radius 1 is 1.24 bits per heavy atom. The first-order valence-corrected chi connectivity index (χ1v) is 9.70. The monoisotopic (exact) mass is 359 g/mol. The van der Waals surface area contributed by atoms with Gasteiger partial charge in [0.1, 0.15) is 5.75 Å². The molecule has 1 fully saturated rings. The van der Waals surface area contributed by atoms with Crippen LogP contribution >= 0.6 is 11.3 Å². The highest BCUT2D eigenvalue weighted by molar-refractivity contribution is 7.10. The van der Waals surface area contributed by atoms with E-state index in [9.17, 15) is 4.79 Å². The fraction of sp³-hybridized carbons (Fsp3) is 0.421. The lowest BCUT2D eigenvalue weighted by atomic mass is 10.2. The predicted molar refractivity (Wildman–Crippen MR) is 102 cm³/mol. The highest BCUT2D eigenvalue weighted by atomic mass is 32.1. The molecule has 134 valence electrons. The summed E-state index contributed by atoms with van der Waals surface area (Å²) in [4.78, 5) is 16.1. The van der Waals surface area contributed by atoms with E-state index in [1.165, 1.54) is 17.7 Å². The van der Waals surface area contributed by atoms with E-state index in [1.807, 2.05) is 31.2 Å². The number of hydrogen-bond acceptors (Lipinski definition) is 4. The van der Waals surface area contributed by atoms with Crippen LogP contribution in [0.3, 0.4) is 0 Å². The number of benzene rings is 1. The predicted octanol–water partition coefficient (Wildman–Crippen LogP) is 4.11. The molecule has 1 unspecified atom stereocenters. The molecule has 2 N–H and O–H groups in total. The molecule has 5 nitrogen and oxygen atoms in total. The molecule has 1 atom stereocenters. The van der Waals surface area contributed by atoms with E-state index in [0.29, 0.717) is 24.6 Å². The van der Waals surface area contributed by atoms with Crippen LogP contribution in [0.25, 0.3) is 0 Å². The summed E-state index contributed by atoms with van der Waals surface area (Å²) < 4.78 is 5.55. The van der Waals surface area contributed by atoms with Crippen molar-refractivity contribution in [1.29, 1.82) is 0 Å². The molecular weight excluding hydrogens is 334 g/mol. The van der Waals surface area contributed by atoms with Crippen molar-refractivity contribution in [2.75, 3.05) is 31.6 Å². The normalized spacial score (nSPS) is 15.7. The van der Waals surface area contributed by atoms with Gasteiger partial charge in [0.25, 0.3) is 0 Å². The highest BCUT2D eigenvalue weighted by Gasteiger charge is 2.24.